The average Bonchev–Trinajstić information content (AvgIpc) is 2.68. The van der Waals surface area contributed by atoms with Crippen molar-refractivity contribution in [2.24, 2.45) is 7.05 Å². The van der Waals surface area contributed by atoms with E-state index in [2.05, 4.69) is 42.4 Å². The Morgan fingerprint density at radius 3 is 1.90 bits per heavy atom. The highest BCUT2D eigenvalue weighted by Crippen LogP contribution is 2.43. The van der Waals surface area contributed by atoms with Crippen LogP contribution in [0.15, 0.2) is 12.4 Å². The third-order valence-corrected chi connectivity index (χ3v) is 2.73. The van der Waals surface area contributed by atoms with Crippen molar-refractivity contribution in [3.05, 3.63) is 18.2 Å². The van der Waals surface area contributed by atoms with E-state index in [0.29, 0.717) is 0 Å². The lowest BCUT2D eigenvalue weighted by Gasteiger charge is -2.29. The van der Waals surface area contributed by atoms with Gasteiger partial charge < -0.3 is 8.63 Å². The van der Waals surface area contributed by atoms with E-state index in [1.807, 2.05) is 0 Å². The normalized spacial score (nSPS) is 12.4. The first-order valence-corrected chi connectivity index (χ1v) is 5.70. The zero-order chi connectivity index (χ0) is 17.1. The Balaban J connectivity index is 0.000000394. The molecule has 120 valence electrons. The van der Waals surface area contributed by atoms with Crippen LogP contribution in [0, 0.1) is 18.2 Å². The molecule has 0 N–H and O–H groups in total. The summed E-state index contributed by atoms with van der Waals surface area (Å²) in [6.45, 7) is -1.07. The Morgan fingerprint density at radius 2 is 1.76 bits per heavy atom. The van der Waals surface area contributed by atoms with Crippen molar-refractivity contribution >= 4 is 6.70 Å². The predicted molar refractivity (Wildman–Crippen MR) is 60.6 cm³/mol. The average molecular weight is 319 g/mol. The number of nitrogens with zero attached hydrogens (tertiary/aromatic N) is 3. The molecule has 0 saturated heterocycles. The Labute approximate surface area is 116 Å². The van der Waals surface area contributed by atoms with Gasteiger partial charge in [-0.05, 0) is 6.92 Å². The van der Waals surface area contributed by atoms with Gasteiger partial charge in [-0.2, -0.15) is 13.2 Å². The van der Waals surface area contributed by atoms with Crippen molar-refractivity contribution in [2.45, 2.75) is 32.4 Å². The second kappa shape index (κ2) is 6.36. The van der Waals surface area contributed by atoms with Crippen LogP contribution in [0.4, 0.5) is 30.6 Å². The Morgan fingerprint density at radius 1 is 1.29 bits per heavy atom. The molecule has 0 fully saturated rings. The zero-order valence-corrected chi connectivity index (χ0v) is 11.4. The van der Waals surface area contributed by atoms with Crippen molar-refractivity contribution in [1.29, 1.82) is 5.26 Å². The van der Waals surface area contributed by atoms with Crippen molar-refractivity contribution in [3.8, 4) is 5.97 Å². The molecule has 0 unspecified atom stereocenters. The van der Waals surface area contributed by atoms with Crippen LogP contribution >= 0.6 is 0 Å². The maximum atomic E-state index is 11.7. The summed E-state index contributed by atoms with van der Waals surface area (Å²) in [5, 5.41) is 7.34. The first-order chi connectivity index (χ1) is 9.31. The minimum atomic E-state index is -6.40. The minimum absolute atomic E-state index is 0.353. The number of hydrogen-bond donors (Lipinski definition) is 0. The fraction of sp³-hybridized carbons (Fsp3) is 0.600. The lowest BCUT2D eigenvalue weighted by molar-refractivity contribution is -0.699. The number of alkyl halides is 5. The van der Waals surface area contributed by atoms with E-state index < -0.39 is 18.7 Å². The van der Waals surface area contributed by atoms with Crippen LogP contribution in [-0.4, -0.2) is 23.3 Å². The van der Waals surface area contributed by atoms with Crippen LogP contribution < -0.4 is 4.57 Å². The standard InChI is InChI=1S/C7H13N2.C3BF7N/c1-4-9-6-5-8(3)7(9)2;5-2(6,3(7,8)9)4(10,11)1-12/h5-6H,4H2,1-3H3;/q+1;-1. The quantitative estimate of drug-likeness (QED) is 0.469. The Kier molecular flexibility index (Phi) is 5.84. The summed E-state index contributed by atoms with van der Waals surface area (Å²) in [6.07, 6.45) is -2.24. The molecule has 11 heteroatoms. The van der Waals surface area contributed by atoms with E-state index in [1.165, 1.54) is 5.82 Å². The Bertz CT molecular complexity index is 516. The van der Waals surface area contributed by atoms with Crippen molar-refractivity contribution in [3.63, 3.8) is 0 Å². The van der Waals surface area contributed by atoms with Gasteiger partial charge in [-0.1, -0.05) is 5.97 Å². The van der Waals surface area contributed by atoms with Gasteiger partial charge in [-0.3, -0.25) is 0 Å². The van der Waals surface area contributed by atoms with Gasteiger partial charge in [0.1, 0.15) is 12.4 Å². The van der Waals surface area contributed by atoms with Crippen LogP contribution in [-0.2, 0) is 13.6 Å². The maximum Gasteiger partial charge on any atom is 0.484 e. The zero-order valence-electron chi connectivity index (χ0n) is 11.4. The third kappa shape index (κ3) is 4.12. The van der Waals surface area contributed by atoms with Gasteiger partial charge in [0.15, 0.2) is 0 Å². The SMILES string of the molecule is CC[n+]1ccn(C)c1C.N#C[B-](F)(F)C(F)(F)C(F)(F)F. The molecule has 0 saturated carbocycles. The highest BCUT2D eigenvalue weighted by atomic mass is 19.4. The molecular weight excluding hydrogens is 306 g/mol. The molecular formula is C10H13BF7N3. The summed E-state index contributed by atoms with van der Waals surface area (Å²) in [6, 6.07) is 0. The van der Waals surface area contributed by atoms with Gasteiger partial charge in [-0.15, -0.1) is 0 Å². The molecule has 1 aromatic heterocycles. The summed E-state index contributed by atoms with van der Waals surface area (Å²) in [5.41, 5.74) is 0. The Hall–Kier alpha value is -1.73. The fourth-order valence-corrected chi connectivity index (χ4v) is 1.22. The highest BCUT2D eigenvalue weighted by Gasteiger charge is 2.68. The molecule has 0 aliphatic carbocycles. The first-order valence-electron chi connectivity index (χ1n) is 5.70. The molecule has 21 heavy (non-hydrogen) atoms. The molecule has 0 radical (unpaired) electrons. The van der Waals surface area contributed by atoms with Gasteiger partial charge in [-0.25, -0.2) is 23.2 Å². The molecule has 0 spiro atoms. The van der Waals surface area contributed by atoms with Crippen LogP contribution in [0.5, 0.6) is 0 Å². The lowest BCUT2D eigenvalue weighted by atomic mass is 9.59. The topological polar surface area (TPSA) is 32.6 Å². The lowest BCUT2D eigenvalue weighted by Crippen LogP contribution is -2.55. The summed E-state index contributed by atoms with van der Waals surface area (Å²) >= 11 is 0. The molecule has 0 aliphatic rings. The van der Waals surface area contributed by atoms with E-state index in [4.69, 9.17) is 5.26 Å². The monoisotopic (exact) mass is 319 g/mol. The van der Waals surface area contributed by atoms with Gasteiger partial charge in [0, 0.05) is 6.92 Å². The maximum absolute atomic E-state index is 11.7. The number of aromatic nitrogens is 2. The summed E-state index contributed by atoms with van der Waals surface area (Å²) in [4.78, 5) is 0. The van der Waals surface area contributed by atoms with Crippen LogP contribution in [0.25, 0.3) is 0 Å². The second-order valence-electron chi connectivity index (χ2n) is 4.16. The summed E-state index contributed by atoms with van der Waals surface area (Å²) in [7, 11) is 2.06. The molecule has 1 rings (SSSR count). The second-order valence-corrected chi connectivity index (χ2v) is 4.16. The predicted octanol–water partition coefficient (Wildman–Crippen LogP) is 2.81. The summed E-state index contributed by atoms with van der Waals surface area (Å²) < 4.78 is 84.4. The molecule has 0 atom stereocenters. The molecule has 0 amide bonds. The van der Waals surface area contributed by atoms with Gasteiger partial charge in [0.25, 0.3) is 11.6 Å². The van der Waals surface area contributed by atoms with E-state index in [9.17, 15) is 30.6 Å². The number of rotatable bonds is 2. The van der Waals surface area contributed by atoms with E-state index >= 15 is 0 Å². The number of imidazole rings is 1. The summed E-state index contributed by atoms with van der Waals surface area (Å²) in [5.74, 6) is -5.30. The number of hydrogen-bond acceptors (Lipinski definition) is 1. The molecule has 1 heterocycles. The largest absolute Gasteiger partial charge is 0.484 e. The number of aryl methyl sites for hydroxylation is 2. The van der Waals surface area contributed by atoms with Gasteiger partial charge >= 0.3 is 12.9 Å². The van der Waals surface area contributed by atoms with Crippen molar-refractivity contribution in [1.82, 2.24) is 4.57 Å². The fourth-order valence-electron chi connectivity index (χ4n) is 1.22. The highest BCUT2D eigenvalue weighted by molar-refractivity contribution is 6.76. The van der Waals surface area contributed by atoms with Crippen LogP contribution in [0.3, 0.4) is 0 Å². The van der Waals surface area contributed by atoms with Gasteiger partial charge in [0.05, 0.1) is 13.6 Å². The third-order valence-electron chi connectivity index (χ3n) is 2.73. The molecule has 1 aromatic rings. The van der Waals surface area contributed by atoms with Crippen LogP contribution in [0.1, 0.15) is 12.7 Å². The van der Waals surface area contributed by atoms with E-state index in [0.717, 1.165) is 6.54 Å². The van der Waals surface area contributed by atoms with Crippen LogP contribution in [0.2, 0.25) is 0 Å². The molecule has 0 aliphatic heterocycles. The van der Waals surface area contributed by atoms with E-state index in [-0.39, 0.29) is 5.97 Å². The molecule has 0 aromatic carbocycles. The van der Waals surface area contributed by atoms with Gasteiger partial charge in [0.2, 0.25) is 0 Å². The first kappa shape index (κ1) is 19.3. The van der Waals surface area contributed by atoms with Crippen molar-refractivity contribution < 1.29 is 35.2 Å². The van der Waals surface area contributed by atoms with Crippen molar-refractivity contribution in [2.75, 3.05) is 0 Å². The smallest absolute Gasteiger partial charge is 0.461 e. The molecule has 0 bridgehead atoms. The number of nitriles is 1. The number of halogens is 7. The molecule has 3 nitrogen and oxygen atoms in total. The minimum Gasteiger partial charge on any atom is -0.461 e. The van der Waals surface area contributed by atoms with E-state index in [1.54, 1.807) is 0 Å².